The monoisotopic (exact) mass is 364 g/mol. The molecule has 1 aliphatic heterocycles. The minimum absolute atomic E-state index is 0.00505. The third kappa shape index (κ3) is 4.16. The molecule has 0 aromatic heterocycles. The van der Waals surface area contributed by atoms with Crippen LogP contribution < -0.4 is 4.74 Å². The van der Waals surface area contributed by atoms with Gasteiger partial charge in [-0.25, -0.2) is 0 Å². The molecule has 0 aliphatic carbocycles. The van der Waals surface area contributed by atoms with Crippen LogP contribution in [0.3, 0.4) is 0 Å². The van der Waals surface area contributed by atoms with Gasteiger partial charge < -0.3 is 9.84 Å². The van der Waals surface area contributed by atoms with Crippen LogP contribution in [0.15, 0.2) is 12.1 Å². The van der Waals surface area contributed by atoms with Gasteiger partial charge in [-0.2, -0.15) is 0 Å². The van der Waals surface area contributed by atoms with Gasteiger partial charge >= 0.3 is 11.7 Å². The fourth-order valence-corrected chi connectivity index (χ4v) is 2.69. The Morgan fingerprint density at radius 3 is 2.42 bits per heavy atom. The highest BCUT2D eigenvalue weighted by Gasteiger charge is 2.38. The summed E-state index contributed by atoms with van der Waals surface area (Å²) >= 11 is 0. The second-order valence-electron chi connectivity index (χ2n) is 5.94. The molecular weight excluding hydrogens is 344 g/mol. The lowest BCUT2D eigenvalue weighted by atomic mass is 10.1. The van der Waals surface area contributed by atoms with Gasteiger partial charge in [0.2, 0.25) is 0 Å². The third-order valence-corrected chi connectivity index (χ3v) is 4.05. The Balaban J connectivity index is 2.23. The molecule has 0 saturated carbocycles. The number of aliphatic carboxylic acids is 1. The first kappa shape index (κ1) is 19.4. The summed E-state index contributed by atoms with van der Waals surface area (Å²) in [4.78, 5) is 46.7. The number of carbonyl (C=O) groups is 3. The van der Waals surface area contributed by atoms with E-state index < -0.39 is 29.1 Å². The number of nitrogens with zero attached hydrogens (tertiary/aromatic N) is 2. The van der Waals surface area contributed by atoms with Crippen molar-refractivity contribution in [2.45, 2.75) is 39.0 Å². The molecule has 2 amide bonds. The van der Waals surface area contributed by atoms with E-state index in [2.05, 4.69) is 6.92 Å². The van der Waals surface area contributed by atoms with Crippen molar-refractivity contribution in [2.24, 2.45) is 0 Å². The minimum atomic E-state index is -1.15. The van der Waals surface area contributed by atoms with E-state index in [1.165, 1.54) is 6.07 Å². The SMILES string of the molecule is CCCCCCOc1cc2c(cc1[N+](=O)[O-])C(=O)N(CCC(=O)O)C2=O. The predicted molar refractivity (Wildman–Crippen MR) is 90.4 cm³/mol. The van der Waals surface area contributed by atoms with E-state index in [0.29, 0.717) is 0 Å². The van der Waals surface area contributed by atoms with Crippen LogP contribution in [0.5, 0.6) is 5.75 Å². The number of unbranched alkanes of at least 4 members (excludes halogenated alkanes) is 3. The number of imide groups is 1. The lowest BCUT2D eigenvalue weighted by Gasteiger charge is -2.11. The Morgan fingerprint density at radius 2 is 1.85 bits per heavy atom. The van der Waals surface area contributed by atoms with Crippen LogP contribution in [-0.4, -0.2) is 45.9 Å². The highest BCUT2D eigenvalue weighted by Crippen LogP contribution is 2.35. The Morgan fingerprint density at radius 1 is 1.19 bits per heavy atom. The lowest BCUT2D eigenvalue weighted by molar-refractivity contribution is -0.385. The molecule has 1 heterocycles. The fourth-order valence-electron chi connectivity index (χ4n) is 2.69. The van der Waals surface area contributed by atoms with Crippen molar-refractivity contribution in [3.63, 3.8) is 0 Å². The highest BCUT2D eigenvalue weighted by atomic mass is 16.6. The van der Waals surface area contributed by atoms with E-state index in [9.17, 15) is 24.5 Å². The average molecular weight is 364 g/mol. The van der Waals surface area contributed by atoms with E-state index in [1.54, 1.807) is 0 Å². The number of nitro groups is 1. The summed E-state index contributed by atoms with van der Waals surface area (Å²) in [6, 6.07) is 2.23. The Kier molecular flexibility index (Phi) is 6.26. The van der Waals surface area contributed by atoms with E-state index in [-0.39, 0.29) is 35.7 Å². The van der Waals surface area contributed by atoms with Crippen molar-refractivity contribution in [1.82, 2.24) is 4.90 Å². The van der Waals surface area contributed by atoms with Gasteiger partial charge in [-0.15, -0.1) is 0 Å². The molecule has 0 radical (unpaired) electrons. The molecule has 1 aromatic rings. The summed E-state index contributed by atoms with van der Waals surface area (Å²) in [5.74, 6) is -2.61. The van der Waals surface area contributed by atoms with Crippen LogP contribution >= 0.6 is 0 Å². The van der Waals surface area contributed by atoms with E-state index in [0.717, 1.165) is 36.6 Å². The summed E-state index contributed by atoms with van der Waals surface area (Å²) < 4.78 is 5.47. The second kappa shape index (κ2) is 8.41. The average Bonchev–Trinajstić information content (AvgIpc) is 2.82. The summed E-state index contributed by atoms with van der Waals surface area (Å²) in [5, 5.41) is 20.0. The lowest BCUT2D eigenvalue weighted by Crippen LogP contribution is -2.31. The molecule has 140 valence electrons. The Hall–Kier alpha value is -2.97. The van der Waals surface area contributed by atoms with Crippen molar-refractivity contribution >= 4 is 23.5 Å². The molecule has 0 saturated heterocycles. The molecular formula is C17H20N2O7. The number of hydrogen-bond acceptors (Lipinski definition) is 6. The van der Waals surface area contributed by atoms with Gasteiger partial charge in [-0.1, -0.05) is 26.2 Å². The molecule has 9 heteroatoms. The summed E-state index contributed by atoms with van der Waals surface area (Å²) in [7, 11) is 0. The number of nitro benzene ring substituents is 1. The van der Waals surface area contributed by atoms with Gasteiger partial charge in [-0.05, 0) is 6.42 Å². The van der Waals surface area contributed by atoms with Crippen LogP contribution in [0.25, 0.3) is 0 Å². The van der Waals surface area contributed by atoms with Gasteiger partial charge in [0.05, 0.1) is 29.1 Å². The zero-order chi connectivity index (χ0) is 19.3. The van der Waals surface area contributed by atoms with Crippen LogP contribution in [0.4, 0.5) is 5.69 Å². The first-order valence-corrected chi connectivity index (χ1v) is 8.40. The van der Waals surface area contributed by atoms with Gasteiger partial charge in [0.25, 0.3) is 11.8 Å². The molecule has 2 rings (SSSR count). The molecule has 0 atom stereocenters. The van der Waals surface area contributed by atoms with Gasteiger partial charge in [0.1, 0.15) is 0 Å². The number of carbonyl (C=O) groups excluding carboxylic acids is 2. The molecule has 0 fully saturated rings. The number of fused-ring (bicyclic) bond motifs is 1. The molecule has 26 heavy (non-hydrogen) atoms. The topological polar surface area (TPSA) is 127 Å². The Labute approximate surface area is 149 Å². The summed E-state index contributed by atoms with van der Waals surface area (Å²) in [6.45, 7) is 2.04. The maximum Gasteiger partial charge on any atom is 0.311 e. The summed E-state index contributed by atoms with van der Waals surface area (Å²) in [5.41, 5.74) is -0.500. The maximum absolute atomic E-state index is 12.4. The number of benzene rings is 1. The quantitative estimate of drug-likeness (QED) is 0.292. The van der Waals surface area contributed by atoms with E-state index in [1.807, 2.05) is 0 Å². The van der Waals surface area contributed by atoms with Crippen LogP contribution in [0.1, 0.15) is 59.7 Å². The maximum atomic E-state index is 12.4. The first-order chi connectivity index (χ1) is 12.4. The summed E-state index contributed by atoms with van der Waals surface area (Å²) in [6.07, 6.45) is 3.33. The molecule has 0 spiro atoms. The van der Waals surface area contributed by atoms with Crippen LogP contribution in [0.2, 0.25) is 0 Å². The molecule has 0 unspecified atom stereocenters. The molecule has 1 aliphatic rings. The number of carboxylic acids is 1. The zero-order valence-electron chi connectivity index (χ0n) is 14.4. The standard InChI is InChI=1S/C17H20N2O7/c1-2-3-4-5-8-26-14-10-12-11(9-13(14)19(24)25)16(22)18(17(12)23)7-6-15(20)21/h9-10H,2-8H2,1H3,(H,20,21). The molecule has 9 nitrogen and oxygen atoms in total. The van der Waals surface area contributed by atoms with Gasteiger partial charge in [0.15, 0.2) is 5.75 Å². The van der Waals surface area contributed by atoms with Crippen LogP contribution in [-0.2, 0) is 4.79 Å². The van der Waals surface area contributed by atoms with Gasteiger partial charge in [0, 0.05) is 18.7 Å². The minimum Gasteiger partial charge on any atom is -0.487 e. The number of carboxylic acid groups (broad SMARTS) is 1. The molecule has 0 bridgehead atoms. The van der Waals surface area contributed by atoms with Crippen molar-refractivity contribution in [3.8, 4) is 5.75 Å². The third-order valence-electron chi connectivity index (χ3n) is 4.05. The highest BCUT2D eigenvalue weighted by molar-refractivity contribution is 6.22. The van der Waals surface area contributed by atoms with Gasteiger partial charge in [-0.3, -0.25) is 29.4 Å². The normalized spacial score (nSPS) is 13.0. The molecule has 1 aromatic carbocycles. The molecule has 1 N–H and O–H groups in total. The van der Waals surface area contributed by atoms with E-state index in [4.69, 9.17) is 9.84 Å². The van der Waals surface area contributed by atoms with Crippen molar-refractivity contribution in [2.75, 3.05) is 13.2 Å². The predicted octanol–water partition coefficient (Wildman–Crippen LogP) is 2.62. The number of hydrogen-bond donors (Lipinski definition) is 1. The number of ether oxygens (including phenoxy) is 1. The van der Waals surface area contributed by atoms with E-state index >= 15 is 0 Å². The van der Waals surface area contributed by atoms with Crippen LogP contribution in [0, 0.1) is 10.1 Å². The smallest absolute Gasteiger partial charge is 0.311 e. The van der Waals surface area contributed by atoms with Crippen molar-refractivity contribution in [1.29, 1.82) is 0 Å². The second-order valence-corrected chi connectivity index (χ2v) is 5.94. The number of rotatable bonds is 10. The zero-order valence-corrected chi connectivity index (χ0v) is 14.4. The fraction of sp³-hybridized carbons (Fsp3) is 0.471. The largest absolute Gasteiger partial charge is 0.487 e. The van der Waals surface area contributed by atoms with Crippen molar-refractivity contribution < 1.29 is 29.2 Å². The first-order valence-electron chi connectivity index (χ1n) is 8.40. The van der Waals surface area contributed by atoms with Crippen molar-refractivity contribution in [3.05, 3.63) is 33.4 Å². The Bertz CT molecular complexity index is 745. The number of amides is 2.